The number of rotatable bonds is 5. The Bertz CT molecular complexity index is 946. The van der Waals surface area contributed by atoms with Crippen LogP contribution in [0.1, 0.15) is 19.3 Å². The number of hydrogen-bond donors (Lipinski definition) is 1. The molecule has 11 heteroatoms. The van der Waals surface area contributed by atoms with Crippen LogP contribution in [0.25, 0.3) is 0 Å². The first-order valence-electron chi connectivity index (χ1n) is 8.57. The van der Waals surface area contributed by atoms with Crippen LogP contribution in [0.2, 0.25) is 5.02 Å². The van der Waals surface area contributed by atoms with E-state index in [1.165, 1.54) is 26.4 Å². The van der Waals surface area contributed by atoms with Crippen molar-refractivity contribution in [2.24, 2.45) is 5.10 Å². The molecular weight excluding hydrogens is 410 g/mol. The maximum atomic E-state index is 12.7. The molecular formula is C17H20ClN3O6S. The highest BCUT2D eigenvalue weighted by atomic mass is 35.5. The average molecular weight is 430 g/mol. The molecule has 1 aromatic carbocycles. The fraction of sp³-hybridized carbons (Fsp3) is 0.471. The lowest BCUT2D eigenvalue weighted by Crippen LogP contribution is -2.42. The van der Waals surface area contributed by atoms with Crippen molar-refractivity contribution >= 4 is 44.7 Å². The molecule has 3 rings (SSSR count). The minimum absolute atomic E-state index is 0.0142. The number of nitrogens with one attached hydrogen (secondary N) is 1. The summed E-state index contributed by atoms with van der Waals surface area (Å²) in [5.74, 6) is -0.230. The molecule has 0 aliphatic carbocycles. The molecule has 0 aromatic heterocycles. The zero-order chi connectivity index (χ0) is 20.5. The third-order valence-corrected chi connectivity index (χ3v) is 6.64. The third kappa shape index (κ3) is 4.22. The topological polar surface area (TPSA) is 114 Å². The Morgan fingerprint density at radius 1 is 1.25 bits per heavy atom. The van der Waals surface area contributed by atoms with Crippen LogP contribution in [-0.4, -0.2) is 62.7 Å². The first-order valence-corrected chi connectivity index (χ1v) is 10.8. The predicted molar refractivity (Wildman–Crippen MR) is 104 cm³/mol. The molecule has 152 valence electrons. The van der Waals surface area contributed by atoms with E-state index in [9.17, 15) is 18.0 Å². The quantitative estimate of drug-likeness (QED) is 0.757. The van der Waals surface area contributed by atoms with Crippen molar-refractivity contribution in [3.05, 3.63) is 17.2 Å². The number of methoxy groups -OCH3 is 2. The van der Waals surface area contributed by atoms with Gasteiger partial charge >= 0.3 is 0 Å². The van der Waals surface area contributed by atoms with Crippen molar-refractivity contribution in [2.45, 2.75) is 25.3 Å². The van der Waals surface area contributed by atoms with Gasteiger partial charge in [0.15, 0.2) is 9.84 Å². The van der Waals surface area contributed by atoms with Gasteiger partial charge in [0, 0.05) is 25.0 Å². The van der Waals surface area contributed by atoms with Gasteiger partial charge in [0.1, 0.15) is 17.2 Å². The van der Waals surface area contributed by atoms with Gasteiger partial charge in [-0.25, -0.2) is 13.4 Å². The van der Waals surface area contributed by atoms with E-state index in [1.807, 2.05) is 0 Å². The third-order valence-electron chi connectivity index (χ3n) is 4.60. The Hall–Kier alpha value is -2.33. The van der Waals surface area contributed by atoms with E-state index >= 15 is 0 Å². The number of halogens is 1. The van der Waals surface area contributed by atoms with E-state index in [-0.39, 0.29) is 36.0 Å². The highest BCUT2D eigenvalue weighted by Crippen LogP contribution is 2.36. The van der Waals surface area contributed by atoms with Gasteiger partial charge in [-0.05, 0) is 6.42 Å². The summed E-state index contributed by atoms with van der Waals surface area (Å²) in [7, 11) is -0.296. The van der Waals surface area contributed by atoms with Crippen molar-refractivity contribution in [3.63, 3.8) is 0 Å². The second-order valence-corrected chi connectivity index (χ2v) is 9.12. The second kappa shape index (κ2) is 7.96. The second-order valence-electron chi connectivity index (χ2n) is 6.48. The first kappa shape index (κ1) is 20.4. The lowest BCUT2D eigenvalue weighted by atomic mass is 10.1. The number of carbonyl (C=O) groups excluding carboxylic acids is 2. The maximum Gasteiger partial charge on any atom is 0.271 e. The summed E-state index contributed by atoms with van der Waals surface area (Å²) in [5, 5.41) is 8.30. The lowest BCUT2D eigenvalue weighted by Gasteiger charge is -2.27. The van der Waals surface area contributed by atoms with E-state index in [4.69, 9.17) is 21.1 Å². The van der Waals surface area contributed by atoms with Gasteiger partial charge in [-0.2, -0.15) is 5.10 Å². The zero-order valence-corrected chi connectivity index (χ0v) is 17.0. The molecule has 1 atom stereocenters. The van der Waals surface area contributed by atoms with E-state index in [0.29, 0.717) is 28.6 Å². The van der Waals surface area contributed by atoms with E-state index < -0.39 is 21.8 Å². The van der Waals surface area contributed by atoms with Crippen LogP contribution >= 0.6 is 11.6 Å². The number of benzene rings is 1. The molecule has 2 heterocycles. The number of sulfone groups is 1. The van der Waals surface area contributed by atoms with Crippen molar-refractivity contribution in [1.82, 2.24) is 5.01 Å². The number of anilines is 1. The normalized spacial score (nSPS) is 21.2. The van der Waals surface area contributed by atoms with Gasteiger partial charge in [0.25, 0.3) is 5.91 Å². The number of ether oxygens (including phenoxy) is 2. The summed E-state index contributed by atoms with van der Waals surface area (Å²) in [6.45, 7) is 0. The van der Waals surface area contributed by atoms with Crippen LogP contribution in [0.3, 0.4) is 0 Å². The summed E-state index contributed by atoms with van der Waals surface area (Å²) in [6.07, 6.45) is 0.562. The summed E-state index contributed by atoms with van der Waals surface area (Å²) >= 11 is 6.06. The Morgan fingerprint density at radius 2 is 1.96 bits per heavy atom. The number of hydrogen-bond acceptors (Lipinski definition) is 7. The maximum absolute atomic E-state index is 12.7. The largest absolute Gasteiger partial charge is 0.495 e. The molecule has 2 amide bonds. The van der Waals surface area contributed by atoms with Crippen molar-refractivity contribution < 1.29 is 27.5 Å². The van der Waals surface area contributed by atoms with Crippen LogP contribution in [0.4, 0.5) is 5.69 Å². The van der Waals surface area contributed by atoms with E-state index in [2.05, 4.69) is 10.4 Å². The Balaban J connectivity index is 1.82. The molecule has 0 radical (unpaired) electrons. The highest BCUT2D eigenvalue weighted by Gasteiger charge is 2.37. The Labute approximate surface area is 167 Å². The molecule has 1 N–H and O–H groups in total. The lowest BCUT2D eigenvalue weighted by molar-refractivity contribution is -0.133. The highest BCUT2D eigenvalue weighted by molar-refractivity contribution is 7.91. The van der Waals surface area contributed by atoms with E-state index in [1.54, 1.807) is 0 Å². The number of carbonyl (C=O) groups is 2. The molecule has 2 aliphatic rings. The van der Waals surface area contributed by atoms with Gasteiger partial charge < -0.3 is 14.8 Å². The molecule has 0 spiro atoms. The van der Waals surface area contributed by atoms with Crippen LogP contribution in [0.15, 0.2) is 17.2 Å². The Morgan fingerprint density at radius 3 is 2.57 bits per heavy atom. The fourth-order valence-corrected chi connectivity index (χ4v) is 5.06. The van der Waals surface area contributed by atoms with Crippen molar-refractivity contribution in [1.29, 1.82) is 0 Å². The van der Waals surface area contributed by atoms with Gasteiger partial charge in [-0.3, -0.25) is 9.59 Å². The molecule has 1 saturated heterocycles. The van der Waals surface area contributed by atoms with Crippen LogP contribution in [-0.2, 0) is 19.4 Å². The summed E-state index contributed by atoms with van der Waals surface area (Å²) < 4.78 is 33.8. The molecule has 1 aromatic rings. The Kier molecular flexibility index (Phi) is 5.80. The van der Waals surface area contributed by atoms with Crippen LogP contribution < -0.4 is 14.8 Å². The van der Waals surface area contributed by atoms with Crippen molar-refractivity contribution in [3.8, 4) is 11.5 Å². The number of nitrogens with zero attached hydrogens (tertiary/aromatic N) is 2. The molecule has 28 heavy (non-hydrogen) atoms. The minimum Gasteiger partial charge on any atom is -0.495 e. The van der Waals surface area contributed by atoms with Gasteiger partial charge in [-0.15, -0.1) is 0 Å². The zero-order valence-electron chi connectivity index (χ0n) is 15.4. The van der Waals surface area contributed by atoms with Gasteiger partial charge in [-0.1, -0.05) is 11.6 Å². The van der Waals surface area contributed by atoms with E-state index in [0.717, 1.165) is 5.01 Å². The monoisotopic (exact) mass is 429 g/mol. The summed E-state index contributed by atoms with van der Waals surface area (Å²) in [5.41, 5.74) is 0.475. The first-order chi connectivity index (χ1) is 13.2. The summed E-state index contributed by atoms with van der Waals surface area (Å²) in [4.78, 5) is 24.9. The molecule has 0 saturated carbocycles. The standard InChI is InChI=1S/C17H20ClN3O6S/c1-26-14-8-13(15(27-2)7-11(14)18)19-17(23)12-3-4-16(22)21(20-12)10-5-6-28(24,25)9-10/h7-8,10H,3-6,9H2,1-2H3,(H,19,23)/t10-/m1/s1. The molecule has 0 bridgehead atoms. The molecule has 1 fully saturated rings. The molecule has 0 unspecified atom stereocenters. The van der Waals surface area contributed by atoms with Crippen LogP contribution in [0.5, 0.6) is 11.5 Å². The van der Waals surface area contributed by atoms with Crippen molar-refractivity contribution in [2.75, 3.05) is 31.0 Å². The van der Waals surface area contributed by atoms with Gasteiger partial charge in [0.2, 0.25) is 5.91 Å². The smallest absolute Gasteiger partial charge is 0.271 e. The van der Waals surface area contributed by atoms with Crippen LogP contribution in [0, 0.1) is 0 Å². The number of hydrazone groups is 1. The number of amides is 2. The molecule has 2 aliphatic heterocycles. The predicted octanol–water partition coefficient (Wildman–Crippen LogP) is 1.46. The minimum atomic E-state index is -3.18. The fourth-order valence-electron chi connectivity index (χ4n) is 3.14. The molecule has 9 nitrogen and oxygen atoms in total. The average Bonchev–Trinajstić information content (AvgIpc) is 3.02. The SMILES string of the molecule is COc1cc(NC(=O)C2=NN([C@@H]3CCS(=O)(=O)C3)C(=O)CC2)c(OC)cc1Cl. The summed E-state index contributed by atoms with van der Waals surface area (Å²) in [6, 6.07) is 2.50. The van der Waals surface area contributed by atoms with Gasteiger partial charge in [0.05, 0.1) is 42.5 Å².